The minimum atomic E-state index is -0.113. The molecule has 1 aliphatic rings. The number of benzene rings is 1. The molecule has 0 bridgehead atoms. The maximum atomic E-state index is 12.2. The molecule has 0 atom stereocenters. The first-order chi connectivity index (χ1) is 11.2. The van der Waals surface area contributed by atoms with Crippen LogP contribution in [0.3, 0.4) is 0 Å². The molecule has 0 saturated heterocycles. The Balaban J connectivity index is 1.60. The summed E-state index contributed by atoms with van der Waals surface area (Å²) in [5, 5.41) is 6.28. The largest absolute Gasteiger partial charge is 0.366 e. The van der Waals surface area contributed by atoms with Crippen LogP contribution in [0.15, 0.2) is 36.7 Å². The lowest BCUT2D eigenvalue weighted by molar-refractivity contribution is 0.0932. The van der Waals surface area contributed by atoms with Crippen molar-refractivity contribution in [1.82, 2.24) is 15.3 Å². The number of anilines is 1. The van der Waals surface area contributed by atoms with Gasteiger partial charge in [0.25, 0.3) is 5.91 Å². The fourth-order valence-electron chi connectivity index (χ4n) is 2.81. The maximum absolute atomic E-state index is 12.2. The Kier molecular flexibility index (Phi) is 4.86. The molecule has 0 unspecified atom stereocenters. The zero-order valence-electron chi connectivity index (χ0n) is 13.4. The highest BCUT2D eigenvalue weighted by Crippen LogP contribution is 2.18. The first-order valence-electron chi connectivity index (χ1n) is 8.13. The SMILES string of the molecule is Cc1ccc(CNc2cc(C(=O)NC3CCCC3)ncn2)cc1. The Morgan fingerprint density at radius 1 is 1.17 bits per heavy atom. The molecule has 2 aromatic rings. The average molecular weight is 310 g/mol. The molecule has 3 rings (SSSR count). The highest BCUT2D eigenvalue weighted by Gasteiger charge is 2.18. The van der Waals surface area contributed by atoms with Gasteiger partial charge in [0.05, 0.1) is 0 Å². The highest BCUT2D eigenvalue weighted by molar-refractivity contribution is 5.93. The normalized spacial score (nSPS) is 14.7. The number of carbonyl (C=O) groups excluding carboxylic acids is 1. The molecule has 5 heteroatoms. The van der Waals surface area contributed by atoms with E-state index in [1.165, 1.54) is 30.3 Å². The minimum Gasteiger partial charge on any atom is -0.366 e. The fourth-order valence-corrected chi connectivity index (χ4v) is 2.81. The molecular formula is C18H22N4O. The van der Waals surface area contributed by atoms with Gasteiger partial charge in [-0.25, -0.2) is 9.97 Å². The monoisotopic (exact) mass is 310 g/mol. The molecule has 1 aromatic carbocycles. The standard InChI is InChI=1S/C18H22N4O/c1-13-6-8-14(9-7-13)11-19-17-10-16(20-12-21-17)18(23)22-15-4-2-3-5-15/h6-10,12,15H,2-5,11H2,1H3,(H,22,23)(H,19,20,21). The minimum absolute atomic E-state index is 0.113. The summed E-state index contributed by atoms with van der Waals surface area (Å²) >= 11 is 0. The molecule has 0 aliphatic heterocycles. The maximum Gasteiger partial charge on any atom is 0.270 e. The number of hydrogen-bond donors (Lipinski definition) is 2. The van der Waals surface area contributed by atoms with Gasteiger partial charge in [-0.05, 0) is 25.3 Å². The summed E-state index contributed by atoms with van der Waals surface area (Å²) in [6.07, 6.45) is 5.95. The van der Waals surface area contributed by atoms with Gasteiger partial charge in [-0.1, -0.05) is 42.7 Å². The fraction of sp³-hybridized carbons (Fsp3) is 0.389. The molecule has 23 heavy (non-hydrogen) atoms. The van der Waals surface area contributed by atoms with Crippen molar-refractivity contribution in [2.24, 2.45) is 0 Å². The Labute approximate surface area is 136 Å². The van der Waals surface area contributed by atoms with Gasteiger partial charge in [-0.3, -0.25) is 4.79 Å². The Bertz CT molecular complexity index is 663. The van der Waals surface area contributed by atoms with Crippen molar-refractivity contribution >= 4 is 11.7 Å². The summed E-state index contributed by atoms with van der Waals surface area (Å²) in [5.74, 6) is 0.551. The number of nitrogens with one attached hydrogen (secondary N) is 2. The number of rotatable bonds is 5. The van der Waals surface area contributed by atoms with Crippen LogP contribution < -0.4 is 10.6 Å². The molecule has 1 aromatic heterocycles. The summed E-state index contributed by atoms with van der Waals surface area (Å²) in [5.41, 5.74) is 2.83. The number of carbonyl (C=O) groups is 1. The van der Waals surface area contributed by atoms with E-state index in [4.69, 9.17) is 0 Å². The third kappa shape index (κ3) is 4.28. The molecular weight excluding hydrogens is 288 g/mol. The number of hydrogen-bond acceptors (Lipinski definition) is 4. The van der Waals surface area contributed by atoms with Crippen molar-refractivity contribution in [3.63, 3.8) is 0 Å². The van der Waals surface area contributed by atoms with Crippen LogP contribution in [0.1, 0.15) is 47.3 Å². The van der Waals surface area contributed by atoms with Crippen molar-refractivity contribution in [2.75, 3.05) is 5.32 Å². The van der Waals surface area contributed by atoms with Crippen LogP contribution in [0.25, 0.3) is 0 Å². The van der Waals surface area contributed by atoms with Gasteiger partial charge in [0.15, 0.2) is 0 Å². The third-order valence-electron chi connectivity index (χ3n) is 4.18. The van der Waals surface area contributed by atoms with E-state index in [1.54, 1.807) is 6.07 Å². The van der Waals surface area contributed by atoms with Gasteiger partial charge in [0.2, 0.25) is 0 Å². The lowest BCUT2D eigenvalue weighted by Crippen LogP contribution is -2.33. The number of aromatic nitrogens is 2. The number of amides is 1. The molecule has 0 spiro atoms. The summed E-state index contributed by atoms with van der Waals surface area (Å²) in [6.45, 7) is 2.73. The van der Waals surface area contributed by atoms with Crippen molar-refractivity contribution < 1.29 is 4.79 Å². The predicted molar refractivity (Wildman–Crippen MR) is 90.3 cm³/mol. The Morgan fingerprint density at radius 2 is 1.91 bits per heavy atom. The van der Waals surface area contributed by atoms with Gasteiger partial charge in [0.1, 0.15) is 17.8 Å². The molecule has 120 valence electrons. The molecule has 5 nitrogen and oxygen atoms in total. The van der Waals surface area contributed by atoms with Crippen molar-refractivity contribution in [1.29, 1.82) is 0 Å². The van der Waals surface area contributed by atoms with E-state index in [0.717, 1.165) is 12.8 Å². The van der Waals surface area contributed by atoms with Gasteiger partial charge in [-0.15, -0.1) is 0 Å². The first kappa shape index (κ1) is 15.5. The smallest absolute Gasteiger partial charge is 0.270 e. The number of aryl methyl sites for hydroxylation is 1. The second-order valence-electron chi connectivity index (χ2n) is 6.08. The Morgan fingerprint density at radius 3 is 2.65 bits per heavy atom. The lowest BCUT2D eigenvalue weighted by Gasteiger charge is -2.12. The second-order valence-corrected chi connectivity index (χ2v) is 6.08. The summed E-state index contributed by atoms with van der Waals surface area (Å²) < 4.78 is 0. The van der Waals surface area contributed by atoms with Gasteiger partial charge in [-0.2, -0.15) is 0 Å². The van der Waals surface area contributed by atoms with Gasteiger partial charge >= 0.3 is 0 Å². The van der Waals surface area contributed by atoms with Crippen LogP contribution in [0, 0.1) is 6.92 Å². The van der Waals surface area contributed by atoms with Crippen LogP contribution in [-0.4, -0.2) is 21.9 Å². The van der Waals surface area contributed by atoms with Crippen LogP contribution in [0.4, 0.5) is 5.82 Å². The molecule has 1 fully saturated rings. The van der Waals surface area contributed by atoms with E-state index in [1.807, 2.05) is 0 Å². The summed E-state index contributed by atoms with van der Waals surface area (Å²) in [7, 11) is 0. The zero-order chi connectivity index (χ0) is 16.1. The van der Waals surface area contributed by atoms with Crippen LogP contribution >= 0.6 is 0 Å². The lowest BCUT2D eigenvalue weighted by atomic mass is 10.1. The van der Waals surface area contributed by atoms with Crippen molar-refractivity contribution in [3.05, 3.63) is 53.5 Å². The van der Waals surface area contributed by atoms with Crippen LogP contribution in [0.2, 0.25) is 0 Å². The predicted octanol–water partition coefficient (Wildman–Crippen LogP) is 3.07. The van der Waals surface area contributed by atoms with E-state index >= 15 is 0 Å². The van der Waals surface area contributed by atoms with Crippen molar-refractivity contribution in [3.8, 4) is 0 Å². The van der Waals surface area contributed by atoms with E-state index < -0.39 is 0 Å². The summed E-state index contributed by atoms with van der Waals surface area (Å²) in [6, 6.07) is 10.3. The van der Waals surface area contributed by atoms with E-state index in [2.05, 4.69) is 51.8 Å². The molecule has 1 aliphatic carbocycles. The second kappa shape index (κ2) is 7.22. The first-order valence-corrected chi connectivity index (χ1v) is 8.13. The molecule has 1 saturated carbocycles. The molecule has 0 radical (unpaired) electrons. The quantitative estimate of drug-likeness (QED) is 0.890. The van der Waals surface area contributed by atoms with Crippen LogP contribution in [0.5, 0.6) is 0 Å². The van der Waals surface area contributed by atoms with Gasteiger partial charge in [0, 0.05) is 18.7 Å². The molecule has 1 amide bonds. The molecule has 1 heterocycles. The topological polar surface area (TPSA) is 66.9 Å². The highest BCUT2D eigenvalue weighted by atomic mass is 16.1. The third-order valence-corrected chi connectivity index (χ3v) is 4.18. The van der Waals surface area contributed by atoms with E-state index in [-0.39, 0.29) is 5.91 Å². The van der Waals surface area contributed by atoms with E-state index in [0.29, 0.717) is 24.1 Å². The average Bonchev–Trinajstić information content (AvgIpc) is 3.07. The zero-order valence-corrected chi connectivity index (χ0v) is 13.4. The Hall–Kier alpha value is -2.43. The summed E-state index contributed by atoms with van der Waals surface area (Å²) in [4.78, 5) is 20.5. The van der Waals surface area contributed by atoms with E-state index in [9.17, 15) is 4.79 Å². The molecule has 2 N–H and O–H groups in total. The number of nitrogens with zero attached hydrogens (tertiary/aromatic N) is 2. The van der Waals surface area contributed by atoms with Crippen LogP contribution in [-0.2, 0) is 6.54 Å². The van der Waals surface area contributed by atoms with Gasteiger partial charge < -0.3 is 10.6 Å². The van der Waals surface area contributed by atoms with Crippen molar-refractivity contribution in [2.45, 2.75) is 45.2 Å².